The number of rotatable bonds is 4. The van der Waals surface area contributed by atoms with Gasteiger partial charge in [-0.05, 0) is 6.42 Å². The summed E-state index contributed by atoms with van der Waals surface area (Å²) in [6, 6.07) is 0. The minimum atomic E-state index is 0.271. The molecule has 1 amide bonds. The molecule has 1 aliphatic heterocycles. The molecule has 0 aliphatic carbocycles. The van der Waals surface area contributed by atoms with Crippen LogP contribution in [0.4, 0.5) is 0 Å². The van der Waals surface area contributed by atoms with Gasteiger partial charge >= 0.3 is 0 Å². The summed E-state index contributed by atoms with van der Waals surface area (Å²) < 4.78 is 0. The quantitative estimate of drug-likeness (QED) is 0.747. The van der Waals surface area contributed by atoms with Crippen molar-refractivity contribution in [3.63, 3.8) is 0 Å². The van der Waals surface area contributed by atoms with Crippen LogP contribution in [0.2, 0.25) is 0 Å². The van der Waals surface area contributed by atoms with Crippen molar-refractivity contribution in [1.82, 2.24) is 14.9 Å². The van der Waals surface area contributed by atoms with Gasteiger partial charge in [-0.1, -0.05) is 19.8 Å². The minimum Gasteiger partial charge on any atom is -0.338 e. The van der Waals surface area contributed by atoms with Crippen LogP contribution in [-0.4, -0.2) is 27.3 Å². The SMILES string of the molecule is CCCCCC(=O)N1CCc2ncncc2C1. The van der Waals surface area contributed by atoms with Crippen LogP contribution in [0.15, 0.2) is 12.5 Å². The Balaban J connectivity index is 1.91. The lowest BCUT2D eigenvalue weighted by atomic mass is 10.1. The van der Waals surface area contributed by atoms with Crippen molar-refractivity contribution < 1.29 is 4.79 Å². The highest BCUT2D eigenvalue weighted by Crippen LogP contribution is 2.16. The number of unbranched alkanes of at least 4 members (excludes halogenated alkanes) is 2. The molecule has 1 aromatic heterocycles. The van der Waals surface area contributed by atoms with Gasteiger partial charge in [0.05, 0.1) is 5.69 Å². The van der Waals surface area contributed by atoms with Gasteiger partial charge in [0, 0.05) is 37.7 Å². The molecule has 92 valence electrons. The van der Waals surface area contributed by atoms with Gasteiger partial charge in [0.25, 0.3) is 0 Å². The van der Waals surface area contributed by atoms with E-state index >= 15 is 0 Å². The number of carbonyl (C=O) groups is 1. The first-order valence-corrected chi connectivity index (χ1v) is 6.36. The predicted molar refractivity (Wildman–Crippen MR) is 65.3 cm³/mol. The molecule has 2 rings (SSSR count). The third-order valence-corrected chi connectivity index (χ3v) is 3.21. The zero-order valence-electron chi connectivity index (χ0n) is 10.4. The first-order valence-electron chi connectivity index (χ1n) is 6.36. The fraction of sp³-hybridized carbons (Fsp3) is 0.615. The number of fused-ring (bicyclic) bond motifs is 1. The third-order valence-electron chi connectivity index (χ3n) is 3.21. The van der Waals surface area contributed by atoms with Crippen molar-refractivity contribution in [2.24, 2.45) is 0 Å². The second-order valence-corrected chi connectivity index (χ2v) is 4.52. The van der Waals surface area contributed by atoms with E-state index in [2.05, 4.69) is 16.9 Å². The highest BCUT2D eigenvalue weighted by molar-refractivity contribution is 5.76. The number of carbonyl (C=O) groups excluding carboxylic acids is 1. The van der Waals surface area contributed by atoms with Crippen LogP contribution in [0.5, 0.6) is 0 Å². The monoisotopic (exact) mass is 233 g/mol. The molecule has 0 aromatic carbocycles. The van der Waals surface area contributed by atoms with Crippen LogP contribution in [0, 0.1) is 0 Å². The van der Waals surface area contributed by atoms with Crippen molar-refractivity contribution in [2.75, 3.05) is 6.54 Å². The summed E-state index contributed by atoms with van der Waals surface area (Å²) >= 11 is 0. The molecule has 0 fully saturated rings. The van der Waals surface area contributed by atoms with E-state index in [1.807, 2.05) is 11.1 Å². The number of hydrogen-bond donors (Lipinski definition) is 0. The molecule has 4 nitrogen and oxygen atoms in total. The zero-order chi connectivity index (χ0) is 12.1. The smallest absolute Gasteiger partial charge is 0.222 e. The Kier molecular flexibility index (Phi) is 4.07. The third kappa shape index (κ3) is 3.02. The molecule has 0 bridgehead atoms. The molecule has 1 aliphatic rings. The molecule has 0 spiro atoms. The van der Waals surface area contributed by atoms with Gasteiger partial charge in [-0.15, -0.1) is 0 Å². The summed E-state index contributed by atoms with van der Waals surface area (Å²) in [6.45, 7) is 3.63. The molecule has 0 atom stereocenters. The maximum atomic E-state index is 12.0. The van der Waals surface area contributed by atoms with Crippen molar-refractivity contribution in [3.05, 3.63) is 23.8 Å². The topological polar surface area (TPSA) is 46.1 Å². The second kappa shape index (κ2) is 5.75. The Labute approximate surface area is 102 Å². The fourth-order valence-electron chi connectivity index (χ4n) is 2.16. The van der Waals surface area contributed by atoms with E-state index in [0.29, 0.717) is 13.0 Å². The average Bonchev–Trinajstić information content (AvgIpc) is 2.38. The Morgan fingerprint density at radius 1 is 1.47 bits per heavy atom. The molecule has 1 aromatic rings. The lowest BCUT2D eigenvalue weighted by Crippen LogP contribution is -2.36. The Hall–Kier alpha value is -1.45. The van der Waals surface area contributed by atoms with E-state index in [9.17, 15) is 4.79 Å². The minimum absolute atomic E-state index is 0.271. The lowest BCUT2D eigenvalue weighted by Gasteiger charge is -2.27. The lowest BCUT2D eigenvalue weighted by molar-refractivity contribution is -0.132. The number of nitrogens with zero attached hydrogens (tertiary/aromatic N) is 3. The van der Waals surface area contributed by atoms with Gasteiger partial charge in [-0.2, -0.15) is 0 Å². The number of aromatic nitrogens is 2. The van der Waals surface area contributed by atoms with Crippen LogP contribution in [0.1, 0.15) is 43.9 Å². The molecule has 2 heterocycles. The van der Waals surface area contributed by atoms with E-state index in [0.717, 1.165) is 43.5 Å². The number of amides is 1. The van der Waals surface area contributed by atoms with Crippen molar-refractivity contribution >= 4 is 5.91 Å². The van der Waals surface area contributed by atoms with Crippen LogP contribution in [0.3, 0.4) is 0 Å². The van der Waals surface area contributed by atoms with Gasteiger partial charge in [0.15, 0.2) is 0 Å². The molecule has 0 unspecified atom stereocenters. The molecule has 4 heteroatoms. The molecule has 0 radical (unpaired) electrons. The Morgan fingerprint density at radius 2 is 2.35 bits per heavy atom. The Morgan fingerprint density at radius 3 is 3.18 bits per heavy atom. The van der Waals surface area contributed by atoms with Gasteiger partial charge in [-0.3, -0.25) is 4.79 Å². The number of hydrogen-bond acceptors (Lipinski definition) is 3. The van der Waals surface area contributed by atoms with Crippen LogP contribution in [-0.2, 0) is 17.8 Å². The molecular formula is C13H19N3O. The largest absolute Gasteiger partial charge is 0.338 e. The summed E-state index contributed by atoms with van der Waals surface area (Å²) in [5.74, 6) is 0.271. The molecule has 0 N–H and O–H groups in total. The fourth-order valence-corrected chi connectivity index (χ4v) is 2.16. The van der Waals surface area contributed by atoms with Gasteiger partial charge in [0.1, 0.15) is 6.33 Å². The van der Waals surface area contributed by atoms with E-state index in [4.69, 9.17) is 0 Å². The first-order chi connectivity index (χ1) is 8.31. The molecule has 17 heavy (non-hydrogen) atoms. The zero-order valence-corrected chi connectivity index (χ0v) is 10.4. The summed E-state index contributed by atoms with van der Waals surface area (Å²) in [5, 5.41) is 0. The molecule has 0 saturated heterocycles. The normalized spacial score (nSPS) is 14.5. The van der Waals surface area contributed by atoms with E-state index in [1.165, 1.54) is 0 Å². The first kappa shape index (κ1) is 12.0. The standard InChI is InChI=1S/C13H19N3O/c1-2-3-4-5-13(17)16-7-6-12-11(9-16)8-14-10-15-12/h8,10H,2-7,9H2,1H3. The summed E-state index contributed by atoms with van der Waals surface area (Å²) in [4.78, 5) is 22.2. The van der Waals surface area contributed by atoms with Crippen LogP contribution >= 0.6 is 0 Å². The van der Waals surface area contributed by atoms with Crippen molar-refractivity contribution in [3.8, 4) is 0 Å². The Bertz CT molecular complexity index is 392. The second-order valence-electron chi connectivity index (χ2n) is 4.52. The van der Waals surface area contributed by atoms with Crippen LogP contribution < -0.4 is 0 Å². The highest BCUT2D eigenvalue weighted by Gasteiger charge is 2.20. The summed E-state index contributed by atoms with van der Waals surface area (Å²) in [7, 11) is 0. The average molecular weight is 233 g/mol. The summed E-state index contributed by atoms with van der Waals surface area (Å²) in [6.07, 6.45) is 8.24. The van der Waals surface area contributed by atoms with Gasteiger partial charge in [0.2, 0.25) is 5.91 Å². The van der Waals surface area contributed by atoms with Crippen LogP contribution in [0.25, 0.3) is 0 Å². The maximum absolute atomic E-state index is 12.0. The van der Waals surface area contributed by atoms with Gasteiger partial charge in [-0.25, -0.2) is 9.97 Å². The maximum Gasteiger partial charge on any atom is 0.222 e. The van der Waals surface area contributed by atoms with Gasteiger partial charge < -0.3 is 4.90 Å². The molecular weight excluding hydrogens is 214 g/mol. The predicted octanol–water partition coefficient (Wildman–Crippen LogP) is 1.94. The van der Waals surface area contributed by atoms with E-state index in [-0.39, 0.29) is 5.91 Å². The summed E-state index contributed by atoms with van der Waals surface area (Å²) in [5.41, 5.74) is 2.19. The van der Waals surface area contributed by atoms with E-state index in [1.54, 1.807) is 6.33 Å². The highest BCUT2D eigenvalue weighted by atomic mass is 16.2. The van der Waals surface area contributed by atoms with Crippen molar-refractivity contribution in [1.29, 1.82) is 0 Å². The molecule has 0 saturated carbocycles. The van der Waals surface area contributed by atoms with E-state index < -0.39 is 0 Å². The van der Waals surface area contributed by atoms with Crippen molar-refractivity contribution in [2.45, 2.75) is 45.6 Å².